The summed E-state index contributed by atoms with van der Waals surface area (Å²) < 4.78 is 17.6. The first-order valence-electron chi connectivity index (χ1n) is 12.8. The van der Waals surface area contributed by atoms with E-state index in [1.165, 1.54) is 16.2 Å². The van der Waals surface area contributed by atoms with Gasteiger partial charge in [0, 0.05) is 12.0 Å². The lowest BCUT2D eigenvalue weighted by molar-refractivity contribution is -0.132. The van der Waals surface area contributed by atoms with Gasteiger partial charge in [0.1, 0.15) is 35.7 Å². The predicted molar refractivity (Wildman–Crippen MR) is 153 cm³/mol. The summed E-state index contributed by atoms with van der Waals surface area (Å²) in [5.41, 5.74) is 2.67. The monoisotopic (exact) mass is 554 g/mol. The highest BCUT2D eigenvalue weighted by Crippen LogP contribution is 2.45. The largest absolute Gasteiger partial charge is 0.507 e. The summed E-state index contributed by atoms with van der Waals surface area (Å²) in [5.74, 6) is 0.231. The highest BCUT2D eigenvalue weighted by molar-refractivity contribution is 7.22. The number of hydrogen-bond acceptors (Lipinski definition) is 8. The van der Waals surface area contributed by atoms with Gasteiger partial charge in [0.15, 0.2) is 5.13 Å². The highest BCUT2D eigenvalue weighted by Gasteiger charge is 2.48. The van der Waals surface area contributed by atoms with E-state index in [1.54, 1.807) is 61.7 Å². The number of amides is 1. The van der Waals surface area contributed by atoms with E-state index in [1.807, 2.05) is 19.1 Å². The number of Topliss-reactive ketones (excluding diaryl/α,β-unsaturated/α-hetero) is 1. The van der Waals surface area contributed by atoms with E-state index < -0.39 is 17.7 Å². The number of benzene rings is 3. The van der Waals surface area contributed by atoms with Gasteiger partial charge in [0.25, 0.3) is 5.78 Å². The maximum atomic E-state index is 13.6. The van der Waals surface area contributed by atoms with E-state index in [2.05, 4.69) is 11.6 Å². The first-order valence-corrected chi connectivity index (χ1v) is 13.6. The topological polar surface area (TPSA) is 98.2 Å². The van der Waals surface area contributed by atoms with Crippen LogP contribution in [-0.2, 0) is 16.0 Å². The summed E-state index contributed by atoms with van der Waals surface area (Å²) in [6.07, 6.45) is 2.36. The van der Waals surface area contributed by atoms with Crippen LogP contribution in [0.1, 0.15) is 29.7 Å². The van der Waals surface area contributed by atoms with E-state index in [-0.39, 0.29) is 17.4 Å². The molecular formula is C31H26N2O6S. The third kappa shape index (κ3) is 4.38. The van der Waals surface area contributed by atoms with Crippen LogP contribution in [0.4, 0.5) is 5.13 Å². The Morgan fingerprint density at radius 2 is 1.93 bits per heavy atom. The number of aromatic nitrogens is 1. The summed E-state index contributed by atoms with van der Waals surface area (Å²) >= 11 is 1.27. The molecule has 6 rings (SSSR count). The molecule has 0 saturated carbocycles. The fourth-order valence-corrected chi connectivity index (χ4v) is 6.12. The number of anilines is 1. The second-order valence-corrected chi connectivity index (χ2v) is 10.6. The van der Waals surface area contributed by atoms with Crippen LogP contribution in [0.5, 0.6) is 17.2 Å². The Labute approximate surface area is 234 Å². The van der Waals surface area contributed by atoms with Crippen molar-refractivity contribution in [3.63, 3.8) is 0 Å². The highest BCUT2D eigenvalue weighted by atomic mass is 32.1. The zero-order valence-electron chi connectivity index (χ0n) is 21.9. The average molecular weight is 555 g/mol. The molecule has 4 aromatic rings. The standard InChI is InChI=1S/C31H26N2O6S/c1-4-13-38-21-8-5-18(6-9-21)27-26(28(34)19-7-12-24-20(15-19)14-17(2)39-24)29(35)30(36)33(27)31-32-23-11-10-22(37-3)16-25(23)40-31/h4-12,15-17,27,34H,1,13-14H2,2-3H3/b28-26-. The summed E-state index contributed by atoms with van der Waals surface area (Å²) in [6.45, 7) is 5.98. The van der Waals surface area contributed by atoms with Crippen LogP contribution in [0.2, 0.25) is 0 Å². The van der Waals surface area contributed by atoms with Crippen molar-refractivity contribution in [2.45, 2.75) is 25.5 Å². The number of nitrogens with zero attached hydrogens (tertiary/aromatic N) is 2. The molecule has 0 radical (unpaired) electrons. The molecule has 2 unspecified atom stereocenters. The van der Waals surface area contributed by atoms with Crippen molar-refractivity contribution in [3.8, 4) is 17.2 Å². The SMILES string of the molecule is C=CCOc1ccc(C2/C(=C(/O)c3ccc4c(c3)CC(C)O4)C(=O)C(=O)N2c2nc3ccc(OC)cc3s2)cc1. The Morgan fingerprint density at radius 1 is 1.15 bits per heavy atom. The van der Waals surface area contributed by atoms with Crippen LogP contribution in [0.3, 0.4) is 0 Å². The molecule has 1 N–H and O–H groups in total. The molecule has 1 saturated heterocycles. The quantitative estimate of drug-likeness (QED) is 0.133. The van der Waals surface area contributed by atoms with Crippen LogP contribution in [0, 0.1) is 0 Å². The normalized spacial score (nSPS) is 19.5. The van der Waals surface area contributed by atoms with Crippen molar-refractivity contribution >= 4 is 44.1 Å². The Balaban J connectivity index is 1.49. The van der Waals surface area contributed by atoms with E-state index >= 15 is 0 Å². The second kappa shape index (κ2) is 10.2. The summed E-state index contributed by atoms with van der Waals surface area (Å²) in [7, 11) is 1.58. The van der Waals surface area contributed by atoms with Gasteiger partial charge in [0.05, 0.1) is 28.9 Å². The number of hydrogen-bond donors (Lipinski definition) is 1. The first-order chi connectivity index (χ1) is 19.4. The molecule has 0 aliphatic carbocycles. The number of fused-ring (bicyclic) bond motifs is 2. The Hall–Kier alpha value is -4.63. The molecule has 1 aromatic heterocycles. The molecule has 202 valence electrons. The fourth-order valence-electron chi connectivity index (χ4n) is 5.09. The smallest absolute Gasteiger partial charge is 0.301 e. The molecule has 2 aliphatic rings. The van der Waals surface area contributed by atoms with Crippen LogP contribution in [0.25, 0.3) is 16.0 Å². The number of carbonyl (C=O) groups excluding carboxylic acids is 2. The Morgan fingerprint density at radius 3 is 2.67 bits per heavy atom. The molecule has 9 heteroatoms. The first kappa shape index (κ1) is 25.6. The number of methoxy groups -OCH3 is 1. The molecule has 3 heterocycles. The number of rotatable bonds is 7. The molecule has 2 aliphatic heterocycles. The maximum Gasteiger partial charge on any atom is 0.301 e. The summed E-state index contributed by atoms with van der Waals surface area (Å²) in [4.78, 5) is 33.2. The number of carbonyl (C=O) groups is 2. The number of thiazole rings is 1. The van der Waals surface area contributed by atoms with Crippen LogP contribution in [0.15, 0.2) is 78.9 Å². The van der Waals surface area contributed by atoms with Crippen molar-refractivity contribution < 1.29 is 28.9 Å². The molecule has 3 aromatic carbocycles. The third-order valence-corrected chi connectivity index (χ3v) is 7.99. The van der Waals surface area contributed by atoms with Crippen molar-refractivity contribution in [2.24, 2.45) is 0 Å². The Bertz CT molecular complexity index is 1690. The molecular weight excluding hydrogens is 528 g/mol. The minimum atomic E-state index is -0.903. The van der Waals surface area contributed by atoms with Gasteiger partial charge >= 0.3 is 5.91 Å². The summed E-state index contributed by atoms with van der Waals surface area (Å²) in [6, 6.07) is 16.9. The van der Waals surface area contributed by atoms with Gasteiger partial charge in [-0.1, -0.05) is 36.1 Å². The van der Waals surface area contributed by atoms with E-state index in [0.717, 1.165) is 16.0 Å². The molecule has 1 amide bonds. The molecule has 8 nitrogen and oxygen atoms in total. The van der Waals surface area contributed by atoms with Crippen molar-refractivity contribution in [1.82, 2.24) is 4.98 Å². The number of aliphatic hydroxyl groups is 1. The van der Waals surface area contributed by atoms with E-state index in [4.69, 9.17) is 14.2 Å². The second-order valence-electron chi connectivity index (χ2n) is 9.62. The molecule has 1 fully saturated rings. The number of ketones is 1. The number of ether oxygens (including phenoxy) is 3. The molecule has 0 bridgehead atoms. The van der Waals surface area contributed by atoms with Crippen LogP contribution in [-0.4, -0.2) is 41.6 Å². The fraction of sp³-hybridized carbons (Fsp3) is 0.194. The summed E-state index contributed by atoms with van der Waals surface area (Å²) in [5, 5.41) is 11.9. The zero-order valence-corrected chi connectivity index (χ0v) is 22.7. The van der Waals surface area contributed by atoms with Crippen LogP contribution < -0.4 is 19.1 Å². The van der Waals surface area contributed by atoms with Crippen molar-refractivity contribution in [3.05, 3.63) is 95.6 Å². The van der Waals surface area contributed by atoms with Gasteiger partial charge in [-0.2, -0.15) is 0 Å². The lowest BCUT2D eigenvalue weighted by atomic mass is 9.94. The van der Waals surface area contributed by atoms with Gasteiger partial charge in [-0.05, 0) is 66.6 Å². The van der Waals surface area contributed by atoms with Gasteiger partial charge in [-0.15, -0.1) is 0 Å². The Kier molecular flexibility index (Phi) is 6.51. The third-order valence-electron chi connectivity index (χ3n) is 6.97. The van der Waals surface area contributed by atoms with Gasteiger partial charge < -0.3 is 19.3 Å². The zero-order chi connectivity index (χ0) is 28.0. The van der Waals surface area contributed by atoms with E-state index in [9.17, 15) is 14.7 Å². The maximum absolute atomic E-state index is 13.6. The van der Waals surface area contributed by atoms with Crippen molar-refractivity contribution in [1.29, 1.82) is 0 Å². The number of aliphatic hydroxyl groups excluding tert-OH is 1. The van der Waals surface area contributed by atoms with E-state index in [0.29, 0.717) is 46.3 Å². The van der Waals surface area contributed by atoms with Crippen LogP contribution >= 0.6 is 11.3 Å². The minimum Gasteiger partial charge on any atom is -0.507 e. The average Bonchev–Trinajstić information content (AvgIpc) is 3.63. The molecule has 2 atom stereocenters. The van der Waals surface area contributed by atoms with Gasteiger partial charge in [0.2, 0.25) is 0 Å². The predicted octanol–water partition coefficient (Wildman–Crippen LogP) is 5.82. The lowest BCUT2D eigenvalue weighted by Gasteiger charge is -2.23. The molecule has 0 spiro atoms. The van der Waals surface area contributed by atoms with Gasteiger partial charge in [-0.3, -0.25) is 14.5 Å². The lowest BCUT2D eigenvalue weighted by Crippen LogP contribution is -2.29. The minimum absolute atomic E-state index is 0.00601. The molecule has 40 heavy (non-hydrogen) atoms. The van der Waals surface area contributed by atoms with Crippen molar-refractivity contribution in [2.75, 3.05) is 18.6 Å². The van der Waals surface area contributed by atoms with Gasteiger partial charge in [-0.25, -0.2) is 4.98 Å².